The van der Waals surface area contributed by atoms with Gasteiger partial charge in [-0.2, -0.15) is 0 Å². The van der Waals surface area contributed by atoms with Crippen molar-refractivity contribution in [3.63, 3.8) is 0 Å². The highest BCUT2D eigenvalue weighted by atomic mass is 19.1. The molecular formula is C29H35FN6O2. The SMILES string of the molecule is C[C@H]1CCC(N)CN1C(=O)c1cc(F)c2c(c1)nc(-c1cc3ccc(C(C)(C)O)nc3n1CC1CC1)n2C. The monoisotopic (exact) mass is 518 g/mol. The van der Waals surface area contributed by atoms with E-state index in [2.05, 4.69) is 4.57 Å². The molecule has 2 fully saturated rings. The molecule has 0 bridgehead atoms. The van der Waals surface area contributed by atoms with Crippen LogP contribution in [0.2, 0.25) is 0 Å². The van der Waals surface area contributed by atoms with Crippen molar-refractivity contribution in [2.45, 2.75) is 70.7 Å². The first-order chi connectivity index (χ1) is 18.0. The van der Waals surface area contributed by atoms with Crippen LogP contribution in [0.4, 0.5) is 4.39 Å². The standard InChI is InChI=1S/C29H35FN6O2/c1-16-5-9-20(31)15-35(16)28(37)19-11-21(30)25-22(12-19)32-27(34(25)4)23-13-18-8-10-24(29(2,3)38)33-26(18)36(23)14-17-6-7-17/h8,10-13,16-17,20,38H,5-7,9,14-15,31H2,1-4H3/t16-,20?/m0/s1. The molecular weight excluding hydrogens is 483 g/mol. The van der Waals surface area contributed by atoms with Gasteiger partial charge in [-0.3, -0.25) is 4.79 Å². The molecule has 4 aromatic rings. The van der Waals surface area contributed by atoms with E-state index in [1.807, 2.05) is 25.1 Å². The van der Waals surface area contributed by atoms with Gasteiger partial charge in [0.1, 0.15) is 22.6 Å². The summed E-state index contributed by atoms with van der Waals surface area (Å²) < 4.78 is 19.4. The molecule has 4 heterocycles. The number of amides is 1. The molecule has 3 aromatic heterocycles. The van der Waals surface area contributed by atoms with Gasteiger partial charge < -0.3 is 24.9 Å². The van der Waals surface area contributed by atoms with E-state index < -0.39 is 11.4 Å². The van der Waals surface area contributed by atoms with E-state index >= 15 is 4.39 Å². The molecule has 2 atom stereocenters. The maximum absolute atomic E-state index is 15.5. The van der Waals surface area contributed by atoms with Gasteiger partial charge in [0.2, 0.25) is 0 Å². The second-order valence-corrected chi connectivity index (χ2v) is 11.7. The van der Waals surface area contributed by atoms with Gasteiger partial charge in [0, 0.05) is 43.2 Å². The average molecular weight is 519 g/mol. The molecule has 9 heteroatoms. The first-order valence-electron chi connectivity index (χ1n) is 13.5. The predicted molar refractivity (Wildman–Crippen MR) is 145 cm³/mol. The largest absolute Gasteiger partial charge is 0.384 e. The number of halogens is 1. The van der Waals surface area contributed by atoms with Crippen LogP contribution in [0, 0.1) is 11.7 Å². The van der Waals surface area contributed by atoms with Crippen LogP contribution in [-0.2, 0) is 19.2 Å². The highest BCUT2D eigenvalue weighted by Gasteiger charge is 2.30. The van der Waals surface area contributed by atoms with Crippen molar-refractivity contribution in [3.8, 4) is 11.5 Å². The number of rotatable bonds is 5. The van der Waals surface area contributed by atoms with Gasteiger partial charge in [-0.15, -0.1) is 0 Å². The lowest BCUT2D eigenvalue weighted by atomic mass is 9.99. The Morgan fingerprint density at radius 1 is 1.16 bits per heavy atom. The summed E-state index contributed by atoms with van der Waals surface area (Å²) in [6.07, 6.45) is 4.03. The smallest absolute Gasteiger partial charge is 0.254 e. The summed E-state index contributed by atoms with van der Waals surface area (Å²) in [5, 5.41) is 11.5. The summed E-state index contributed by atoms with van der Waals surface area (Å²) in [4.78, 5) is 24.8. The van der Waals surface area contributed by atoms with Crippen molar-refractivity contribution in [1.82, 2.24) is 24.0 Å². The fourth-order valence-corrected chi connectivity index (χ4v) is 5.63. The highest BCUT2D eigenvalue weighted by molar-refractivity contribution is 5.98. The minimum atomic E-state index is -1.07. The molecule has 2 aliphatic rings. The number of imidazole rings is 1. The Labute approximate surface area is 221 Å². The van der Waals surface area contributed by atoms with Crippen LogP contribution in [0.15, 0.2) is 30.3 Å². The van der Waals surface area contributed by atoms with E-state index in [1.165, 1.54) is 6.07 Å². The molecule has 200 valence electrons. The summed E-state index contributed by atoms with van der Waals surface area (Å²) in [7, 11) is 1.80. The van der Waals surface area contributed by atoms with Gasteiger partial charge in [-0.05, 0) is 82.7 Å². The maximum atomic E-state index is 15.5. The number of benzene rings is 1. The van der Waals surface area contributed by atoms with Crippen molar-refractivity contribution >= 4 is 28.0 Å². The first kappa shape index (κ1) is 25.0. The number of pyridine rings is 1. The van der Waals surface area contributed by atoms with E-state index in [0.29, 0.717) is 35.0 Å². The van der Waals surface area contributed by atoms with Crippen LogP contribution in [0.25, 0.3) is 33.6 Å². The molecule has 1 aliphatic heterocycles. The summed E-state index contributed by atoms with van der Waals surface area (Å²) in [6, 6.07) is 8.83. The van der Waals surface area contributed by atoms with E-state index in [-0.39, 0.29) is 23.6 Å². The number of piperidine rings is 1. The number of aromatic nitrogens is 4. The zero-order chi connectivity index (χ0) is 26.9. The average Bonchev–Trinajstić information content (AvgIpc) is 3.53. The van der Waals surface area contributed by atoms with Gasteiger partial charge in [0.25, 0.3) is 5.91 Å². The lowest BCUT2D eigenvalue weighted by Gasteiger charge is -2.36. The van der Waals surface area contributed by atoms with E-state index in [9.17, 15) is 9.90 Å². The fourth-order valence-electron chi connectivity index (χ4n) is 5.63. The van der Waals surface area contributed by atoms with Crippen molar-refractivity contribution in [3.05, 3.63) is 47.4 Å². The zero-order valence-corrected chi connectivity index (χ0v) is 22.4. The summed E-state index contributed by atoms with van der Waals surface area (Å²) >= 11 is 0. The lowest BCUT2D eigenvalue weighted by Crippen LogP contribution is -2.50. The summed E-state index contributed by atoms with van der Waals surface area (Å²) in [5.41, 5.74) is 8.36. The fraction of sp³-hybridized carbons (Fsp3) is 0.483. The van der Waals surface area contributed by atoms with Crippen LogP contribution < -0.4 is 5.73 Å². The van der Waals surface area contributed by atoms with Gasteiger partial charge in [-0.1, -0.05) is 0 Å². The number of hydrogen-bond donors (Lipinski definition) is 2. The normalized spacial score (nSPS) is 20.6. The molecule has 1 saturated carbocycles. The third kappa shape index (κ3) is 4.27. The van der Waals surface area contributed by atoms with E-state index in [1.54, 1.807) is 36.4 Å². The van der Waals surface area contributed by atoms with Gasteiger partial charge >= 0.3 is 0 Å². The molecule has 1 aliphatic carbocycles. The van der Waals surface area contributed by atoms with Crippen molar-refractivity contribution in [2.24, 2.45) is 18.7 Å². The Balaban J connectivity index is 1.46. The van der Waals surface area contributed by atoms with E-state index in [4.69, 9.17) is 15.7 Å². The molecule has 8 nitrogen and oxygen atoms in total. The Kier molecular flexibility index (Phi) is 5.84. The number of nitrogens with zero attached hydrogens (tertiary/aromatic N) is 5. The first-order valence-corrected chi connectivity index (χ1v) is 13.5. The van der Waals surface area contributed by atoms with Gasteiger partial charge in [0.15, 0.2) is 5.82 Å². The number of carbonyl (C=O) groups is 1. The molecule has 1 aromatic carbocycles. The van der Waals surface area contributed by atoms with Gasteiger partial charge in [-0.25, -0.2) is 14.4 Å². The Morgan fingerprint density at radius 3 is 2.63 bits per heavy atom. The quantitative estimate of drug-likeness (QED) is 0.410. The molecule has 0 spiro atoms. The van der Waals surface area contributed by atoms with Gasteiger partial charge in [0.05, 0.1) is 16.9 Å². The van der Waals surface area contributed by atoms with Crippen LogP contribution >= 0.6 is 0 Å². The van der Waals surface area contributed by atoms with E-state index in [0.717, 1.165) is 49.0 Å². The zero-order valence-electron chi connectivity index (χ0n) is 22.4. The molecule has 6 rings (SSSR count). The van der Waals surface area contributed by atoms with Crippen molar-refractivity contribution in [2.75, 3.05) is 6.54 Å². The third-order valence-corrected chi connectivity index (χ3v) is 8.09. The molecule has 3 N–H and O–H groups in total. The van der Waals surface area contributed by atoms with Crippen molar-refractivity contribution < 1.29 is 14.3 Å². The predicted octanol–water partition coefficient (Wildman–Crippen LogP) is 4.32. The van der Waals surface area contributed by atoms with Crippen LogP contribution in [-0.4, -0.2) is 53.6 Å². The number of aliphatic hydroxyl groups is 1. The molecule has 1 saturated heterocycles. The minimum Gasteiger partial charge on any atom is -0.384 e. The summed E-state index contributed by atoms with van der Waals surface area (Å²) in [5.74, 6) is 0.478. The Bertz CT molecular complexity index is 1560. The number of fused-ring (bicyclic) bond motifs is 2. The second kappa shape index (κ2) is 8.88. The summed E-state index contributed by atoms with van der Waals surface area (Å²) in [6.45, 7) is 6.70. The number of nitrogens with two attached hydrogens (primary N) is 1. The molecule has 1 amide bonds. The lowest BCUT2D eigenvalue weighted by molar-refractivity contribution is 0.0612. The van der Waals surface area contributed by atoms with Crippen LogP contribution in [0.3, 0.4) is 0 Å². The molecule has 0 radical (unpaired) electrons. The maximum Gasteiger partial charge on any atom is 0.254 e. The number of carbonyl (C=O) groups excluding carboxylic acids is 1. The minimum absolute atomic E-state index is 0.0553. The number of aryl methyl sites for hydroxylation is 1. The van der Waals surface area contributed by atoms with Crippen LogP contribution in [0.1, 0.15) is 62.5 Å². The van der Waals surface area contributed by atoms with Crippen molar-refractivity contribution in [1.29, 1.82) is 0 Å². The third-order valence-electron chi connectivity index (χ3n) is 8.09. The van der Waals surface area contributed by atoms with Crippen LogP contribution in [0.5, 0.6) is 0 Å². The number of hydrogen-bond acceptors (Lipinski definition) is 5. The molecule has 1 unspecified atom stereocenters. The second-order valence-electron chi connectivity index (χ2n) is 11.7. The Hall–Kier alpha value is -3.30. The highest BCUT2D eigenvalue weighted by Crippen LogP contribution is 2.37. The topological polar surface area (TPSA) is 102 Å². The Morgan fingerprint density at radius 2 is 1.92 bits per heavy atom. The molecule has 38 heavy (non-hydrogen) atoms. The number of likely N-dealkylation sites (tertiary alicyclic amines) is 1.